The molecule has 1 saturated carbocycles. The van der Waals surface area contributed by atoms with E-state index in [0.29, 0.717) is 32.8 Å². The largest absolute Gasteiger partial charge is 0.395 e. The first-order valence-corrected chi connectivity index (χ1v) is 14.7. The summed E-state index contributed by atoms with van der Waals surface area (Å²) in [6.07, 6.45) is -1.13. The van der Waals surface area contributed by atoms with Gasteiger partial charge in [-0.25, -0.2) is 0 Å². The summed E-state index contributed by atoms with van der Waals surface area (Å²) in [6.45, 7) is 4.73. The summed E-state index contributed by atoms with van der Waals surface area (Å²) in [5.74, 6) is -0.825. The Morgan fingerprint density at radius 3 is 1.67 bits per heavy atom. The molecule has 0 unspecified atom stereocenters. The quantitative estimate of drug-likeness (QED) is 0.281. The molecule has 0 aromatic heterocycles. The van der Waals surface area contributed by atoms with Crippen LogP contribution in [0.15, 0.2) is 91.0 Å². The van der Waals surface area contributed by atoms with Crippen LogP contribution in [0.3, 0.4) is 0 Å². The van der Waals surface area contributed by atoms with Crippen LogP contribution < -0.4 is 5.32 Å². The van der Waals surface area contributed by atoms with Crippen molar-refractivity contribution < 1.29 is 33.9 Å². The maximum atomic E-state index is 10.00. The third-order valence-corrected chi connectivity index (χ3v) is 7.95. The predicted molar refractivity (Wildman–Crippen MR) is 158 cm³/mol. The Morgan fingerprint density at radius 1 is 0.738 bits per heavy atom. The molecule has 3 N–H and O–H groups in total. The van der Waals surface area contributed by atoms with Crippen molar-refractivity contribution in [2.24, 2.45) is 0 Å². The Balaban J connectivity index is 1.52. The van der Waals surface area contributed by atoms with Crippen molar-refractivity contribution >= 4 is 0 Å². The molecule has 1 heterocycles. The summed E-state index contributed by atoms with van der Waals surface area (Å²) in [4.78, 5) is 0. The van der Waals surface area contributed by atoms with E-state index in [4.69, 9.17) is 23.7 Å². The van der Waals surface area contributed by atoms with E-state index in [-0.39, 0.29) is 19.3 Å². The van der Waals surface area contributed by atoms with E-state index in [9.17, 15) is 10.2 Å². The predicted octanol–water partition coefficient (Wildman–Crippen LogP) is 3.98. The van der Waals surface area contributed by atoms with Gasteiger partial charge in [-0.05, 0) is 37.0 Å². The van der Waals surface area contributed by atoms with Gasteiger partial charge in [0.2, 0.25) is 0 Å². The highest BCUT2D eigenvalue weighted by molar-refractivity contribution is 5.17. The minimum absolute atomic E-state index is 0.224. The van der Waals surface area contributed by atoms with E-state index < -0.39 is 35.7 Å². The molecule has 42 heavy (non-hydrogen) atoms. The highest BCUT2D eigenvalue weighted by Gasteiger charge is 2.61. The van der Waals surface area contributed by atoms with Crippen LogP contribution in [-0.2, 0) is 43.5 Å². The highest BCUT2D eigenvalue weighted by Crippen LogP contribution is 2.45. The average molecular weight is 578 g/mol. The Kier molecular flexibility index (Phi) is 10.4. The van der Waals surface area contributed by atoms with Crippen LogP contribution in [-0.4, -0.2) is 71.8 Å². The average Bonchev–Trinajstić information content (AvgIpc) is 3.33. The number of aliphatic hydroxyl groups is 2. The maximum Gasteiger partial charge on any atom is 0.163 e. The molecule has 2 aliphatic rings. The van der Waals surface area contributed by atoms with Crippen molar-refractivity contribution in [1.29, 1.82) is 0 Å². The van der Waals surface area contributed by atoms with Crippen LogP contribution >= 0.6 is 0 Å². The molecular formula is C34H43NO7. The van der Waals surface area contributed by atoms with Crippen LogP contribution in [0.5, 0.6) is 0 Å². The van der Waals surface area contributed by atoms with Gasteiger partial charge in [0.1, 0.15) is 23.9 Å². The topological polar surface area (TPSA) is 98.6 Å². The monoisotopic (exact) mass is 577 g/mol. The molecule has 2 fully saturated rings. The Hall–Kier alpha value is -2.66. The highest BCUT2D eigenvalue weighted by atomic mass is 16.8. The Morgan fingerprint density at radius 2 is 1.21 bits per heavy atom. The first-order chi connectivity index (χ1) is 20.4. The molecule has 1 saturated heterocycles. The smallest absolute Gasteiger partial charge is 0.163 e. The zero-order valence-corrected chi connectivity index (χ0v) is 24.4. The fourth-order valence-corrected chi connectivity index (χ4v) is 5.94. The van der Waals surface area contributed by atoms with Gasteiger partial charge in [-0.1, -0.05) is 91.0 Å². The molecule has 5 rings (SSSR count). The lowest BCUT2D eigenvalue weighted by Gasteiger charge is -2.51. The van der Waals surface area contributed by atoms with Crippen molar-refractivity contribution in [3.8, 4) is 0 Å². The van der Waals surface area contributed by atoms with Gasteiger partial charge >= 0.3 is 0 Å². The minimum atomic E-state index is -0.862. The molecule has 5 atom stereocenters. The van der Waals surface area contributed by atoms with Crippen molar-refractivity contribution in [3.63, 3.8) is 0 Å². The molecule has 0 amide bonds. The molecule has 1 aliphatic carbocycles. The summed E-state index contributed by atoms with van der Waals surface area (Å²) in [6, 6.07) is 29.2. The Labute approximate surface area is 248 Å². The molecule has 8 nitrogen and oxygen atoms in total. The zero-order chi connectivity index (χ0) is 29.4. The number of benzene rings is 3. The molecule has 0 bridgehead atoms. The summed E-state index contributed by atoms with van der Waals surface area (Å²) >= 11 is 0. The summed E-state index contributed by atoms with van der Waals surface area (Å²) < 4.78 is 33.1. The molecule has 1 spiro atoms. The normalized spacial score (nSPS) is 27.1. The number of hydrogen-bond acceptors (Lipinski definition) is 8. The second-order valence-electron chi connectivity index (χ2n) is 11.6. The van der Waals surface area contributed by atoms with Gasteiger partial charge in [0, 0.05) is 6.04 Å². The van der Waals surface area contributed by atoms with Crippen molar-refractivity contribution in [2.45, 2.75) is 81.9 Å². The maximum absolute atomic E-state index is 10.00. The molecule has 3 aromatic rings. The second-order valence-corrected chi connectivity index (χ2v) is 11.6. The van der Waals surface area contributed by atoms with Gasteiger partial charge in [-0.3, -0.25) is 0 Å². The van der Waals surface area contributed by atoms with E-state index in [1.807, 2.05) is 105 Å². The summed E-state index contributed by atoms with van der Waals surface area (Å²) in [5, 5.41) is 23.4. The fourth-order valence-electron chi connectivity index (χ4n) is 5.94. The summed E-state index contributed by atoms with van der Waals surface area (Å²) in [7, 11) is 0. The van der Waals surface area contributed by atoms with E-state index in [2.05, 4.69) is 5.32 Å². The first-order valence-electron chi connectivity index (χ1n) is 14.7. The molecule has 1 aliphatic heterocycles. The van der Waals surface area contributed by atoms with Crippen molar-refractivity contribution in [3.05, 3.63) is 108 Å². The van der Waals surface area contributed by atoms with Crippen LogP contribution in [0.25, 0.3) is 0 Å². The van der Waals surface area contributed by atoms with E-state index >= 15 is 0 Å². The van der Waals surface area contributed by atoms with Crippen LogP contribution in [0.1, 0.15) is 37.0 Å². The van der Waals surface area contributed by atoms with Gasteiger partial charge in [-0.15, -0.1) is 0 Å². The van der Waals surface area contributed by atoms with Gasteiger partial charge < -0.3 is 39.2 Å². The van der Waals surface area contributed by atoms with Crippen molar-refractivity contribution in [2.75, 3.05) is 19.8 Å². The minimum Gasteiger partial charge on any atom is -0.395 e. The molecule has 226 valence electrons. The van der Waals surface area contributed by atoms with Crippen molar-refractivity contribution in [1.82, 2.24) is 5.32 Å². The first kappa shape index (κ1) is 30.8. The number of ether oxygens (including phenoxy) is 5. The standard InChI is InChI=1S/C34H43NO7/c1-33(2)41-24-34(42-33)18-29(35-28(19-36)20-37)30(38-21-25-12-6-3-7-13-25)31(39-22-26-14-8-4-9-15-26)32(34)40-23-27-16-10-5-11-17-27/h3-17,28-32,35-37H,18-24H2,1-2H3/t29-,30-,31+,32-,34-/m0/s1. The summed E-state index contributed by atoms with van der Waals surface area (Å²) in [5.41, 5.74) is 2.23. The lowest BCUT2D eigenvalue weighted by Crippen LogP contribution is -2.69. The molecule has 0 radical (unpaired) electrons. The number of aliphatic hydroxyl groups excluding tert-OH is 2. The van der Waals surface area contributed by atoms with Crippen LogP contribution in [0.2, 0.25) is 0 Å². The SMILES string of the molecule is CC1(C)OC[C@]2(C[C@H](NC(CO)CO)[C@H](OCc3ccccc3)[C@@H](OCc3ccccc3)[C@@H]2OCc2ccccc2)O1. The zero-order valence-electron chi connectivity index (χ0n) is 24.4. The van der Waals surface area contributed by atoms with Gasteiger partial charge in [0.25, 0.3) is 0 Å². The van der Waals surface area contributed by atoms with E-state index in [1.54, 1.807) is 0 Å². The molecular weight excluding hydrogens is 534 g/mol. The van der Waals surface area contributed by atoms with Gasteiger partial charge in [-0.2, -0.15) is 0 Å². The number of hydrogen-bond donors (Lipinski definition) is 3. The van der Waals surface area contributed by atoms with Gasteiger partial charge in [0.05, 0.1) is 45.7 Å². The number of rotatable bonds is 13. The lowest BCUT2D eigenvalue weighted by molar-refractivity contribution is -0.264. The van der Waals surface area contributed by atoms with Gasteiger partial charge in [0.15, 0.2) is 5.79 Å². The number of nitrogens with one attached hydrogen (secondary N) is 1. The third kappa shape index (κ3) is 7.64. The fraction of sp³-hybridized carbons (Fsp3) is 0.471. The third-order valence-electron chi connectivity index (χ3n) is 7.95. The van der Waals surface area contributed by atoms with Crippen LogP contribution in [0.4, 0.5) is 0 Å². The van der Waals surface area contributed by atoms with E-state index in [0.717, 1.165) is 16.7 Å². The molecule has 3 aromatic carbocycles. The van der Waals surface area contributed by atoms with Crippen LogP contribution in [0, 0.1) is 0 Å². The molecule has 8 heteroatoms. The second kappa shape index (κ2) is 14.2. The lowest BCUT2D eigenvalue weighted by atomic mass is 9.75. The Bertz CT molecular complexity index is 1210. The van der Waals surface area contributed by atoms with E-state index in [1.165, 1.54) is 0 Å².